The molecule has 0 heterocycles. The minimum absolute atomic E-state index is 0.667. The summed E-state index contributed by atoms with van der Waals surface area (Å²) in [5, 5.41) is 9.51. The highest BCUT2D eigenvalue weighted by atomic mass is 32.2. The van der Waals surface area contributed by atoms with Crippen molar-refractivity contribution in [2.45, 2.75) is 50.5 Å². The van der Waals surface area contributed by atoms with Gasteiger partial charge in [0, 0.05) is 17.5 Å². The number of anilines is 1. The number of rotatable bonds is 7. The van der Waals surface area contributed by atoms with Crippen LogP contribution in [0.5, 0.6) is 0 Å². The van der Waals surface area contributed by atoms with E-state index in [1.165, 1.54) is 25.7 Å². The molecule has 0 saturated heterocycles. The van der Waals surface area contributed by atoms with E-state index in [4.69, 9.17) is 0 Å². The topological polar surface area (TPSA) is 27.0 Å². The van der Waals surface area contributed by atoms with Crippen molar-refractivity contribution in [1.29, 1.82) is 5.26 Å². The Labute approximate surface area is 120 Å². The Hall–Kier alpha value is -1.14. The third-order valence-electron chi connectivity index (χ3n) is 3.47. The molecule has 2 nitrogen and oxygen atoms in total. The Balaban J connectivity index is 2.30. The molecule has 1 fully saturated rings. The van der Waals surface area contributed by atoms with Crippen LogP contribution in [-0.2, 0) is 0 Å². The maximum absolute atomic E-state index is 9.51. The second-order valence-electron chi connectivity index (χ2n) is 4.97. The molecule has 3 heteroatoms. The normalized spacial score (nSPS) is 14.2. The van der Waals surface area contributed by atoms with Gasteiger partial charge >= 0.3 is 0 Å². The molecule has 1 aliphatic carbocycles. The van der Waals surface area contributed by atoms with Gasteiger partial charge < -0.3 is 4.90 Å². The van der Waals surface area contributed by atoms with Gasteiger partial charge in [-0.1, -0.05) is 26.3 Å². The van der Waals surface area contributed by atoms with Crippen molar-refractivity contribution < 1.29 is 0 Å². The largest absolute Gasteiger partial charge is 0.367 e. The molecule has 1 aromatic rings. The number of nitriles is 1. The van der Waals surface area contributed by atoms with E-state index in [9.17, 15) is 5.26 Å². The summed E-state index contributed by atoms with van der Waals surface area (Å²) in [6.45, 7) is 5.43. The highest BCUT2D eigenvalue weighted by molar-refractivity contribution is 7.99. The first-order valence-corrected chi connectivity index (χ1v) is 8.22. The predicted molar refractivity (Wildman–Crippen MR) is 82.8 cm³/mol. The van der Waals surface area contributed by atoms with Crippen LogP contribution in [-0.4, -0.2) is 18.3 Å². The van der Waals surface area contributed by atoms with E-state index >= 15 is 0 Å². The highest BCUT2D eigenvalue weighted by Crippen LogP contribution is 2.37. The van der Waals surface area contributed by atoms with Crippen LogP contribution in [0.25, 0.3) is 0 Å². The number of hydrogen-bond donors (Lipinski definition) is 0. The van der Waals surface area contributed by atoms with Gasteiger partial charge in [-0.2, -0.15) is 5.26 Å². The average molecular weight is 274 g/mol. The first kappa shape index (κ1) is 14.3. The quantitative estimate of drug-likeness (QED) is 0.688. The summed E-state index contributed by atoms with van der Waals surface area (Å²) in [6.07, 6.45) is 4.96. The Bertz CT molecular complexity index is 460. The molecular weight excluding hydrogens is 252 g/mol. The lowest BCUT2D eigenvalue weighted by Gasteiger charge is -2.26. The fourth-order valence-corrected chi connectivity index (χ4v) is 3.14. The number of unbranched alkanes of at least 4 members (excludes halogenated alkanes) is 1. The van der Waals surface area contributed by atoms with Crippen molar-refractivity contribution in [3.63, 3.8) is 0 Å². The summed E-state index contributed by atoms with van der Waals surface area (Å²) in [5.41, 5.74) is 2.02. The Morgan fingerprint density at radius 1 is 1.37 bits per heavy atom. The van der Waals surface area contributed by atoms with E-state index in [0.29, 0.717) is 6.04 Å². The maximum atomic E-state index is 9.51. The van der Waals surface area contributed by atoms with Crippen molar-refractivity contribution in [2.75, 3.05) is 17.2 Å². The average Bonchev–Trinajstić information content (AvgIpc) is 3.24. The monoisotopic (exact) mass is 274 g/mol. The van der Waals surface area contributed by atoms with Crippen LogP contribution in [0.2, 0.25) is 0 Å². The minimum atomic E-state index is 0.667. The zero-order chi connectivity index (χ0) is 13.7. The molecule has 19 heavy (non-hydrogen) atoms. The molecule has 102 valence electrons. The maximum Gasteiger partial charge on any atom is 0.103 e. The first-order valence-electron chi connectivity index (χ1n) is 7.24. The summed E-state index contributed by atoms with van der Waals surface area (Å²) in [6, 6.07) is 9.37. The third-order valence-corrected chi connectivity index (χ3v) is 4.41. The lowest BCUT2D eigenvalue weighted by molar-refractivity contribution is 0.711. The molecule has 1 aliphatic rings. The lowest BCUT2D eigenvalue weighted by atomic mass is 10.1. The van der Waals surface area contributed by atoms with E-state index < -0.39 is 0 Å². The van der Waals surface area contributed by atoms with Gasteiger partial charge in [0.05, 0.1) is 11.3 Å². The molecule has 0 N–H and O–H groups in total. The zero-order valence-corrected chi connectivity index (χ0v) is 12.7. The van der Waals surface area contributed by atoms with E-state index in [0.717, 1.165) is 28.4 Å². The summed E-state index contributed by atoms with van der Waals surface area (Å²) in [7, 11) is 0. The standard InChI is InChI=1S/C16H22N2S/c1-3-5-11-18(13-9-10-13)15-7-6-8-16(19-4-2)14(15)12-17/h6-8,13H,3-5,9-11H2,1-2H3. The molecule has 0 unspecified atom stereocenters. The SMILES string of the molecule is CCCCN(c1cccc(SCC)c1C#N)C1CC1. The Kier molecular flexibility index (Phi) is 5.15. The van der Waals surface area contributed by atoms with Gasteiger partial charge in [0.1, 0.15) is 6.07 Å². The molecule has 1 aromatic carbocycles. The second-order valence-corrected chi connectivity index (χ2v) is 6.28. The van der Waals surface area contributed by atoms with E-state index in [-0.39, 0.29) is 0 Å². The number of thioether (sulfide) groups is 1. The van der Waals surface area contributed by atoms with Crippen molar-refractivity contribution >= 4 is 17.4 Å². The Morgan fingerprint density at radius 2 is 2.16 bits per heavy atom. The van der Waals surface area contributed by atoms with Gasteiger partial charge in [-0.25, -0.2) is 0 Å². The van der Waals surface area contributed by atoms with E-state index in [2.05, 4.69) is 43.0 Å². The fraction of sp³-hybridized carbons (Fsp3) is 0.562. The molecule has 0 aromatic heterocycles. The lowest BCUT2D eigenvalue weighted by Crippen LogP contribution is -2.27. The first-order chi connectivity index (χ1) is 9.31. The summed E-state index contributed by atoms with van der Waals surface area (Å²) in [4.78, 5) is 3.59. The van der Waals surface area contributed by atoms with Crippen LogP contribution in [0.4, 0.5) is 5.69 Å². The van der Waals surface area contributed by atoms with Crippen LogP contribution in [0.1, 0.15) is 45.1 Å². The molecule has 0 spiro atoms. The van der Waals surface area contributed by atoms with Gasteiger partial charge in [-0.3, -0.25) is 0 Å². The second kappa shape index (κ2) is 6.86. The number of nitrogens with zero attached hydrogens (tertiary/aromatic N) is 2. The summed E-state index contributed by atoms with van der Waals surface area (Å²) >= 11 is 1.76. The van der Waals surface area contributed by atoms with Crippen LogP contribution in [0.15, 0.2) is 23.1 Å². The molecule has 0 atom stereocenters. The number of benzene rings is 1. The molecule has 0 amide bonds. The summed E-state index contributed by atoms with van der Waals surface area (Å²) in [5.74, 6) is 1.01. The predicted octanol–water partition coefficient (Wildman–Crippen LogP) is 4.44. The summed E-state index contributed by atoms with van der Waals surface area (Å²) < 4.78 is 0. The van der Waals surface area contributed by atoms with Crippen molar-refractivity contribution in [2.24, 2.45) is 0 Å². The van der Waals surface area contributed by atoms with Gasteiger partial charge in [-0.05, 0) is 37.1 Å². The molecule has 1 saturated carbocycles. The third kappa shape index (κ3) is 3.45. The molecule has 0 bridgehead atoms. The van der Waals surface area contributed by atoms with Crippen molar-refractivity contribution in [3.8, 4) is 6.07 Å². The molecule has 2 rings (SSSR count). The Morgan fingerprint density at radius 3 is 2.74 bits per heavy atom. The van der Waals surface area contributed by atoms with E-state index in [1.54, 1.807) is 11.8 Å². The number of hydrogen-bond acceptors (Lipinski definition) is 3. The van der Waals surface area contributed by atoms with Gasteiger partial charge in [-0.15, -0.1) is 11.8 Å². The zero-order valence-electron chi connectivity index (χ0n) is 11.9. The van der Waals surface area contributed by atoms with Gasteiger partial charge in [0.2, 0.25) is 0 Å². The molecular formula is C16H22N2S. The molecule has 0 radical (unpaired) electrons. The minimum Gasteiger partial charge on any atom is -0.367 e. The van der Waals surface area contributed by atoms with Gasteiger partial charge in [0.25, 0.3) is 0 Å². The molecule has 0 aliphatic heterocycles. The van der Waals surface area contributed by atoms with Gasteiger partial charge in [0.15, 0.2) is 0 Å². The van der Waals surface area contributed by atoms with Crippen LogP contribution in [0.3, 0.4) is 0 Å². The van der Waals surface area contributed by atoms with Crippen LogP contribution >= 0.6 is 11.8 Å². The fourth-order valence-electron chi connectivity index (χ4n) is 2.36. The van der Waals surface area contributed by atoms with Crippen LogP contribution < -0.4 is 4.90 Å². The van der Waals surface area contributed by atoms with Crippen LogP contribution in [0, 0.1) is 11.3 Å². The van der Waals surface area contributed by atoms with Crippen molar-refractivity contribution in [3.05, 3.63) is 23.8 Å². The smallest absolute Gasteiger partial charge is 0.103 e. The van der Waals surface area contributed by atoms with Crippen molar-refractivity contribution in [1.82, 2.24) is 0 Å². The van der Waals surface area contributed by atoms with E-state index in [1.807, 2.05) is 0 Å². The highest BCUT2D eigenvalue weighted by Gasteiger charge is 2.30.